The molecule has 1 unspecified atom stereocenters. The Balaban J connectivity index is 1.95. The minimum absolute atomic E-state index is 0.496. The van der Waals surface area contributed by atoms with Crippen LogP contribution in [-0.2, 0) is 13.1 Å². The summed E-state index contributed by atoms with van der Waals surface area (Å²) in [7, 11) is 2.18. The summed E-state index contributed by atoms with van der Waals surface area (Å²) in [6.07, 6.45) is 3.03. The van der Waals surface area contributed by atoms with Crippen LogP contribution in [0.5, 0.6) is 0 Å². The molecule has 0 aliphatic carbocycles. The van der Waals surface area contributed by atoms with Gasteiger partial charge in [0.2, 0.25) is 0 Å². The number of furan rings is 1. The van der Waals surface area contributed by atoms with Gasteiger partial charge in [0.15, 0.2) is 0 Å². The van der Waals surface area contributed by atoms with E-state index in [1.54, 1.807) is 6.26 Å². The molecule has 1 aromatic rings. The highest BCUT2D eigenvalue weighted by Gasteiger charge is 2.20. The van der Waals surface area contributed by atoms with Crippen LogP contribution in [0, 0.1) is 0 Å². The topological polar surface area (TPSA) is 42.4 Å². The second kappa shape index (κ2) is 5.05. The van der Waals surface area contributed by atoms with E-state index in [0.717, 1.165) is 18.3 Å². The fraction of sp³-hybridized carbons (Fsp3) is 0.636. The van der Waals surface area contributed by atoms with Crippen LogP contribution in [0.15, 0.2) is 16.7 Å². The van der Waals surface area contributed by atoms with Crippen LogP contribution in [0.3, 0.4) is 0 Å². The van der Waals surface area contributed by atoms with Crippen LogP contribution in [0.4, 0.5) is 0 Å². The van der Waals surface area contributed by atoms with Gasteiger partial charge < -0.3 is 10.2 Å². The average molecular weight is 226 g/mol. The number of nitrogens with zero attached hydrogens (tertiary/aromatic N) is 1. The third kappa shape index (κ3) is 2.56. The monoisotopic (exact) mass is 226 g/mol. The molecule has 4 heteroatoms. The molecule has 1 aromatic heterocycles. The van der Waals surface area contributed by atoms with E-state index in [1.165, 1.54) is 23.5 Å². The van der Waals surface area contributed by atoms with Gasteiger partial charge >= 0.3 is 0 Å². The first kappa shape index (κ1) is 11.0. The van der Waals surface area contributed by atoms with Crippen LogP contribution >= 0.6 is 11.8 Å². The Hall–Kier alpha value is -0.450. The summed E-state index contributed by atoms with van der Waals surface area (Å²) in [5.74, 6) is 3.48. The standard InChI is InChI=1S/C11H18N2OS/c1-13(10-3-5-15-8-10)7-9-2-4-14-11(9)6-12/h2,4,10H,3,5-8,12H2,1H3. The highest BCUT2D eigenvalue weighted by atomic mass is 32.2. The van der Waals surface area contributed by atoms with Gasteiger partial charge in [0, 0.05) is 23.9 Å². The zero-order chi connectivity index (χ0) is 10.7. The number of nitrogens with two attached hydrogens (primary N) is 1. The van der Waals surface area contributed by atoms with Crippen molar-refractivity contribution in [3.05, 3.63) is 23.7 Å². The number of hydrogen-bond acceptors (Lipinski definition) is 4. The lowest BCUT2D eigenvalue weighted by Crippen LogP contribution is -2.31. The molecule has 2 heterocycles. The van der Waals surface area contributed by atoms with Crippen LogP contribution in [0.25, 0.3) is 0 Å². The Bertz CT molecular complexity index is 307. The van der Waals surface area contributed by atoms with Gasteiger partial charge in [0.05, 0.1) is 12.8 Å². The molecule has 0 bridgehead atoms. The van der Waals surface area contributed by atoms with Crippen molar-refractivity contribution in [1.82, 2.24) is 4.90 Å². The van der Waals surface area contributed by atoms with Crippen molar-refractivity contribution in [3.8, 4) is 0 Å². The van der Waals surface area contributed by atoms with E-state index in [1.807, 2.05) is 17.8 Å². The minimum Gasteiger partial charge on any atom is -0.468 e. The molecule has 1 atom stereocenters. The Labute approximate surface area is 95.0 Å². The summed E-state index contributed by atoms with van der Waals surface area (Å²) >= 11 is 2.04. The van der Waals surface area contributed by atoms with Crippen molar-refractivity contribution < 1.29 is 4.42 Å². The van der Waals surface area contributed by atoms with E-state index < -0.39 is 0 Å². The van der Waals surface area contributed by atoms with Crippen LogP contribution < -0.4 is 5.73 Å². The second-order valence-electron chi connectivity index (χ2n) is 4.01. The molecule has 1 aliphatic rings. The normalized spacial score (nSPS) is 21.4. The smallest absolute Gasteiger partial charge is 0.121 e. The van der Waals surface area contributed by atoms with E-state index in [-0.39, 0.29) is 0 Å². The molecule has 2 rings (SSSR count). The number of rotatable bonds is 4. The number of hydrogen-bond donors (Lipinski definition) is 1. The van der Waals surface area contributed by atoms with Gasteiger partial charge in [-0.15, -0.1) is 0 Å². The van der Waals surface area contributed by atoms with Crippen LogP contribution in [0.1, 0.15) is 17.7 Å². The SMILES string of the molecule is CN(Cc1ccoc1CN)C1CCSC1. The van der Waals surface area contributed by atoms with E-state index in [4.69, 9.17) is 10.2 Å². The van der Waals surface area contributed by atoms with Gasteiger partial charge in [-0.05, 0) is 25.3 Å². The molecule has 0 radical (unpaired) electrons. The molecule has 2 N–H and O–H groups in total. The third-order valence-corrected chi connectivity index (χ3v) is 4.12. The van der Waals surface area contributed by atoms with E-state index in [0.29, 0.717) is 6.54 Å². The molecular formula is C11H18N2OS. The van der Waals surface area contributed by atoms with Gasteiger partial charge in [0.1, 0.15) is 5.76 Å². The highest BCUT2D eigenvalue weighted by Crippen LogP contribution is 2.23. The summed E-state index contributed by atoms with van der Waals surface area (Å²) in [6.45, 7) is 1.45. The fourth-order valence-electron chi connectivity index (χ4n) is 1.95. The molecule has 1 aliphatic heterocycles. The predicted molar refractivity (Wildman–Crippen MR) is 63.8 cm³/mol. The quantitative estimate of drug-likeness (QED) is 0.848. The maximum absolute atomic E-state index is 5.61. The van der Waals surface area contributed by atoms with Crippen molar-refractivity contribution in [2.75, 3.05) is 18.6 Å². The Morgan fingerprint density at radius 2 is 2.53 bits per heavy atom. The lowest BCUT2D eigenvalue weighted by Gasteiger charge is -2.23. The molecule has 1 fully saturated rings. The molecule has 0 amide bonds. The summed E-state index contributed by atoms with van der Waals surface area (Å²) in [6, 6.07) is 2.75. The van der Waals surface area contributed by atoms with Gasteiger partial charge in [-0.2, -0.15) is 11.8 Å². The van der Waals surface area contributed by atoms with Gasteiger partial charge in [-0.25, -0.2) is 0 Å². The third-order valence-electron chi connectivity index (χ3n) is 2.97. The fourth-order valence-corrected chi connectivity index (χ4v) is 3.25. The zero-order valence-electron chi connectivity index (χ0n) is 9.11. The Morgan fingerprint density at radius 1 is 1.67 bits per heavy atom. The average Bonchev–Trinajstić information content (AvgIpc) is 2.87. The van der Waals surface area contributed by atoms with Crippen molar-refractivity contribution in [1.29, 1.82) is 0 Å². The summed E-state index contributed by atoms with van der Waals surface area (Å²) < 4.78 is 5.32. The molecule has 0 spiro atoms. The first-order valence-corrected chi connectivity index (χ1v) is 6.50. The maximum atomic E-state index is 5.61. The van der Waals surface area contributed by atoms with E-state index >= 15 is 0 Å². The first-order chi connectivity index (χ1) is 7.31. The lowest BCUT2D eigenvalue weighted by atomic mass is 10.2. The van der Waals surface area contributed by atoms with Crippen molar-refractivity contribution in [2.45, 2.75) is 25.6 Å². The molecule has 0 aromatic carbocycles. The van der Waals surface area contributed by atoms with Gasteiger partial charge in [-0.3, -0.25) is 4.90 Å². The molecule has 15 heavy (non-hydrogen) atoms. The zero-order valence-corrected chi connectivity index (χ0v) is 9.93. The Kier molecular flexibility index (Phi) is 3.72. The van der Waals surface area contributed by atoms with Crippen molar-refractivity contribution in [2.24, 2.45) is 5.73 Å². The largest absolute Gasteiger partial charge is 0.468 e. The molecule has 0 saturated carbocycles. The van der Waals surface area contributed by atoms with Crippen LogP contribution in [0.2, 0.25) is 0 Å². The van der Waals surface area contributed by atoms with E-state index in [2.05, 4.69) is 11.9 Å². The van der Waals surface area contributed by atoms with Crippen molar-refractivity contribution >= 4 is 11.8 Å². The first-order valence-electron chi connectivity index (χ1n) is 5.34. The van der Waals surface area contributed by atoms with Gasteiger partial charge in [0.25, 0.3) is 0 Å². The van der Waals surface area contributed by atoms with Crippen molar-refractivity contribution in [3.63, 3.8) is 0 Å². The number of thioether (sulfide) groups is 1. The maximum Gasteiger partial charge on any atom is 0.121 e. The lowest BCUT2D eigenvalue weighted by molar-refractivity contribution is 0.252. The molecule has 84 valence electrons. The molecule has 3 nitrogen and oxygen atoms in total. The predicted octanol–water partition coefficient (Wildman–Crippen LogP) is 1.68. The highest BCUT2D eigenvalue weighted by molar-refractivity contribution is 7.99. The van der Waals surface area contributed by atoms with E-state index in [9.17, 15) is 0 Å². The summed E-state index contributed by atoms with van der Waals surface area (Å²) in [5, 5.41) is 0. The minimum atomic E-state index is 0.496. The summed E-state index contributed by atoms with van der Waals surface area (Å²) in [5.41, 5.74) is 6.84. The van der Waals surface area contributed by atoms with Crippen LogP contribution in [-0.4, -0.2) is 29.5 Å². The molecular weight excluding hydrogens is 208 g/mol. The Morgan fingerprint density at radius 3 is 3.20 bits per heavy atom. The van der Waals surface area contributed by atoms with Gasteiger partial charge in [-0.1, -0.05) is 0 Å². The summed E-state index contributed by atoms with van der Waals surface area (Å²) in [4.78, 5) is 2.41. The second-order valence-corrected chi connectivity index (χ2v) is 5.16. The molecule has 1 saturated heterocycles.